The van der Waals surface area contributed by atoms with E-state index in [-0.39, 0.29) is 33.9 Å². The average molecular weight is 444 g/mol. The molecule has 0 unspecified atom stereocenters. The van der Waals surface area contributed by atoms with Gasteiger partial charge >= 0.3 is 0 Å². The maximum atomic E-state index is 13.8. The first-order valence-corrected chi connectivity index (χ1v) is 9.74. The van der Waals surface area contributed by atoms with E-state index >= 15 is 0 Å². The second-order valence-electron chi connectivity index (χ2n) is 6.90. The summed E-state index contributed by atoms with van der Waals surface area (Å²) >= 11 is 12.2. The number of rotatable bonds is 3. The van der Waals surface area contributed by atoms with Crippen molar-refractivity contribution < 1.29 is 18.0 Å². The molecule has 1 atom stereocenters. The number of amides is 1. The summed E-state index contributed by atoms with van der Waals surface area (Å²) in [5, 5.41) is 0.686. The van der Waals surface area contributed by atoms with Gasteiger partial charge in [-0.3, -0.25) is 9.59 Å². The van der Waals surface area contributed by atoms with Crippen LogP contribution in [-0.2, 0) is 6.54 Å². The van der Waals surface area contributed by atoms with Gasteiger partial charge in [0.15, 0.2) is 5.43 Å². The first kappa shape index (κ1) is 18.9. The largest absolute Gasteiger partial charge is 0.467 e. The number of benzene rings is 2. The minimum absolute atomic E-state index is 0.0615. The lowest BCUT2D eigenvalue weighted by Gasteiger charge is -2.24. The lowest BCUT2D eigenvalue weighted by atomic mass is 9.98. The number of carbonyl (C=O) groups is 1. The monoisotopic (exact) mass is 443 g/mol. The van der Waals surface area contributed by atoms with Crippen molar-refractivity contribution in [3.8, 4) is 0 Å². The molecule has 5 nitrogen and oxygen atoms in total. The molecule has 1 aliphatic rings. The molecule has 0 spiro atoms. The van der Waals surface area contributed by atoms with Crippen LogP contribution < -0.4 is 5.43 Å². The predicted octanol–water partition coefficient (Wildman–Crippen LogP) is 5.58. The van der Waals surface area contributed by atoms with Crippen LogP contribution in [0.3, 0.4) is 0 Å². The first-order chi connectivity index (χ1) is 14.4. The molecule has 0 fully saturated rings. The molecule has 4 aromatic rings. The van der Waals surface area contributed by atoms with Crippen LogP contribution in [0, 0.1) is 5.82 Å². The highest BCUT2D eigenvalue weighted by molar-refractivity contribution is 6.42. The molecule has 0 aliphatic carbocycles. The van der Waals surface area contributed by atoms with Gasteiger partial charge in [-0.25, -0.2) is 4.39 Å². The van der Waals surface area contributed by atoms with Crippen molar-refractivity contribution in [3.63, 3.8) is 0 Å². The van der Waals surface area contributed by atoms with Crippen LogP contribution in [0.15, 0.2) is 68.4 Å². The molecular weight excluding hydrogens is 432 g/mol. The summed E-state index contributed by atoms with van der Waals surface area (Å²) in [5.41, 5.74) is 0.368. The van der Waals surface area contributed by atoms with Gasteiger partial charge in [0, 0.05) is 0 Å². The zero-order chi connectivity index (χ0) is 21.0. The lowest BCUT2D eigenvalue weighted by Crippen LogP contribution is -2.29. The van der Waals surface area contributed by atoms with Gasteiger partial charge < -0.3 is 13.7 Å². The highest BCUT2D eigenvalue weighted by Crippen LogP contribution is 2.40. The third kappa shape index (κ3) is 2.91. The highest BCUT2D eigenvalue weighted by Gasteiger charge is 2.43. The van der Waals surface area contributed by atoms with Gasteiger partial charge in [-0.1, -0.05) is 29.3 Å². The minimum atomic E-state index is -0.795. The average Bonchev–Trinajstić information content (AvgIpc) is 3.33. The van der Waals surface area contributed by atoms with Gasteiger partial charge in [0.05, 0.1) is 39.8 Å². The molecule has 0 saturated heterocycles. The zero-order valence-corrected chi connectivity index (χ0v) is 16.7. The third-order valence-corrected chi connectivity index (χ3v) is 5.83. The van der Waals surface area contributed by atoms with E-state index in [9.17, 15) is 14.0 Å². The smallest absolute Gasteiger partial charge is 0.291 e. The predicted molar refractivity (Wildman–Crippen MR) is 109 cm³/mol. The van der Waals surface area contributed by atoms with Gasteiger partial charge in [-0.15, -0.1) is 0 Å². The van der Waals surface area contributed by atoms with Gasteiger partial charge in [0.2, 0.25) is 5.76 Å². The van der Waals surface area contributed by atoms with Crippen molar-refractivity contribution in [2.24, 2.45) is 0 Å². The standard InChI is InChI=1S/C22H12Cl2FNO4/c23-15-5-3-11(8-16(15)24)19-18-20(27)14-9-12(25)4-6-17(14)30-21(18)22(28)26(19)10-13-2-1-7-29-13/h1-9,19H,10H2/t19-/m1/s1. The fourth-order valence-electron chi connectivity index (χ4n) is 3.76. The number of hydrogen-bond acceptors (Lipinski definition) is 4. The Hall–Kier alpha value is -3.09. The fourth-order valence-corrected chi connectivity index (χ4v) is 4.06. The number of hydrogen-bond donors (Lipinski definition) is 0. The third-order valence-electron chi connectivity index (χ3n) is 5.09. The van der Waals surface area contributed by atoms with E-state index in [0.29, 0.717) is 16.3 Å². The summed E-state index contributed by atoms with van der Waals surface area (Å²) in [4.78, 5) is 28.0. The minimum Gasteiger partial charge on any atom is -0.467 e. The lowest BCUT2D eigenvalue weighted by molar-refractivity contribution is 0.0701. The molecule has 2 aromatic carbocycles. The maximum absolute atomic E-state index is 13.8. The topological polar surface area (TPSA) is 63.7 Å². The van der Waals surface area contributed by atoms with Crippen LogP contribution in [-0.4, -0.2) is 10.8 Å². The first-order valence-electron chi connectivity index (χ1n) is 8.98. The molecule has 0 saturated carbocycles. The van der Waals surface area contributed by atoms with Crippen LogP contribution in [0.5, 0.6) is 0 Å². The summed E-state index contributed by atoms with van der Waals surface area (Å²) in [6.07, 6.45) is 1.50. The Labute approximate surface area is 179 Å². The summed E-state index contributed by atoms with van der Waals surface area (Å²) in [5.74, 6) is -0.593. The number of nitrogens with zero attached hydrogens (tertiary/aromatic N) is 1. The molecule has 1 aliphatic heterocycles. The van der Waals surface area contributed by atoms with E-state index in [0.717, 1.165) is 6.07 Å². The SMILES string of the molecule is O=C1c2oc3ccc(F)cc3c(=O)c2[C@@H](c2ccc(Cl)c(Cl)c2)N1Cc1ccco1. The Morgan fingerprint density at radius 3 is 2.60 bits per heavy atom. The van der Waals surface area contributed by atoms with Crippen LogP contribution in [0.2, 0.25) is 10.0 Å². The van der Waals surface area contributed by atoms with Crippen molar-refractivity contribution in [2.45, 2.75) is 12.6 Å². The van der Waals surface area contributed by atoms with Crippen molar-refractivity contribution >= 4 is 40.1 Å². The molecule has 0 radical (unpaired) electrons. The Bertz CT molecular complexity index is 1360. The maximum Gasteiger partial charge on any atom is 0.291 e. The second-order valence-corrected chi connectivity index (χ2v) is 7.72. The van der Waals surface area contributed by atoms with Gasteiger partial charge in [0.1, 0.15) is 17.2 Å². The van der Waals surface area contributed by atoms with Crippen molar-refractivity contribution in [1.82, 2.24) is 4.90 Å². The molecule has 0 N–H and O–H groups in total. The molecule has 5 rings (SSSR count). The van der Waals surface area contributed by atoms with Crippen LogP contribution in [0.1, 0.15) is 33.5 Å². The van der Waals surface area contributed by atoms with E-state index < -0.39 is 23.2 Å². The van der Waals surface area contributed by atoms with Crippen molar-refractivity contribution in [3.05, 3.63) is 104 Å². The van der Waals surface area contributed by atoms with Gasteiger partial charge in [-0.05, 0) is 48.0 Å². The summed E-state index contributed by atoms with van der Waals surface area (Å²) < 4.78 is 24.9. The van der Waals surface area contributed by atoms with Crippen LogP contribution in [0.25, 0.3) is 11.0 Å². The van der Waals surface area contributed by atoms with Crippen LogP contribution >= 0.6 is 23.2 Å². The molecule has 150 valence electrons. The van der Waals surface area contributed by atoms with E-state index in [4.69, 9.17) is 32.0 Å². The number of halogens is 3. The molecule has 1 amide bonds. The molecule has 30 heavy (non-hydrogen) atoms. The summed E-state index contributed by atoms with van der Waals surface area (Å²) in [7, 11) is 0. The van der Waals surface area contributed by atoms with Crippen molar-refractivity contribution in [2.75, 3.05) is 0 Å². The van der Waals surface area contributed by atoms with Gasteiger partial charge in [0.25, 0.3) is 5.91 Å². The molecule has 3 heterocycles. The van der Waals surface area contributed by atoms with Crippen LogP contribution in [0.4, 0.5) is 4.39 Å². The van der Waals surface area contributed by atoms with E-state index in [2.05, 4.69) is 0 Å². The Balaban J connectivity index is 1.77. The van der Waals surface area contributed by atoms with E-state index in [1.54, 1.807) is 30.3 Å². The quantitative estimate of drug-likeness (QED) is 0.414. The highest BCUT2D eigenvalue weighted by atomic mass is 35.5. The van der Waals surface area contributed by atoms with E-state index in [1.807, 2.05) is 0 Å². The molecule has 8 heteroatoms. The van der Waals surface area contributed by atoms with Gasteiger partial charge in [-0.2, -0.15) is 0 Å². The van der Waals surface area contributed by atoms with Crippen molar-refractivity contribution in [1.29, 1.82) is 0 Å². The number of fused-ring (bicyclic) bond motifs is 2. The molecule has 0 bridgehead atoms. The Morgan fingerprint density at radius 2 is 1.87 bits per heavy atom. The second kappa shape index (κ2) is 7.00. The molecular formula is C22H12Cl2FNO4. The Kier molecular flexibility index (Phi) is 4.41. The van der Waals surface area contributed by atoms with E-state index in [1.165, 1.54) is 23.3 Å². The number of furan rings is 1. The Morgan fingerprint density at radius 1 is 1.03 bits per heavy atom. The zero-order valence-electron chi connectivity index (χ0n) is 15.2. The fraction of sp³-hybridized carbons (Fsp3) is 0.0909. The number of carbonyl (C=O) groups excluding carboxylic acids is 1. The summed E-state index contributed by atoms with van der Waals surface area (Å²) in [6.45, 7) is 0.102. The normalized spacial score (nSPS) is 15.8. The summed E-state index contributed by atoms with van der Waals surface area (Å²) in [6, 6.07) is 11.1. The molecule has 2 aromatic heterocycles.